The van der Waals surface area contributed by atoms with E-state index in [2.05, 4.69) is 17.1 Å². The second kappa shape index (κ2) is 4.61. The summed E-state index contributed by atoms with van der Waals surface area (Å²) in [7, 11) is 0. The van der Waals surface area contributed by atoms with Crippen LogP contribution >= 0.6 is 11.8 Å². The number of hydrogen-bond donors (Lipinski definition) is 1. The van der Waals surface area contributed by atoms with Crippen molar-refractivity contribution in [2.45, 2.75) is 43.9 Å². The first-order valence-corrected chi connectivity index (χ1v) is 7.61. The van der Waals surface area contributed by atoms with Crippen molar-refractivity contribution in [1.29, 1.82) is 0 Å². The highest BCUT2D eigenvalue weighted by Gasteiger charge is 2.48. The van der Waals surface area contributed by atoms with Gasteiger partial charge in [0.15, 0.2) is 5.82 Å². The summed E-state index contributed by atoms with van der Waals surface area (Å²) in [6, 6.07) is 0.237. The van der Waals surface area contributed by atoms with Crippen molar-refractivity contribution < 1.29 is 4.52 Å². The Labute approximate surface area is 106 Å². The van der Waals surface area contributed by atoms with E-state index in [1.165, 1.54) is 19.3 Å². The van der Waals surface area contributed by atoms with Crippen LogP contribution in [0.25, 0.3) is 0 Å². The minimum absolute atomic E-state index is 0.237. The fourth-order valence-corrected chi connectivity index (χ4v) is 3.86. The highest BCUT2D eigenvalue weighted by molar-refractivity contribution is 7.98. The molecule has 3 rings (SSSR count). The lowest BCUT2D eigenvalue weighted by molar-refractivity contribution is 0.278. The van der Waals surface area contributed by atoms with Crippen molar-refractivity contribution in [2.75, 3.05) is 5.75 Å². The maximum absolute atomic E-state index is 6.27. The van der Waals surface area contributed by atoms with Crippen LogP contribution in [0.3, 0.4) is 0 Å². The molecule has 0 spiro atoms. The van der Waals surface area contributed by atoms with Crippen LogP contribution < -0.4 is 5.73 Å². The second-order valence-electron chi connectivity index (χ2n) is 5.12. The summed E-state index contributed by atoms with van der Waals surface area (Å²) in [5.74, 6) is 5.22. The molecular formula is C12H19N3OS. The molecule has 0 saturated heterocycles. The van der Waals surface area contributed by atoms with Crippen molar-refractivity contribution in [3.05, 3.63) is 11.7 Å². The molecule has 4 atom stereocenters. The molecule has 94 valence electrons. The molecular weight excluding hydrogens is 234 g/mol. The average molecular weight is 253 g/mol. The Balaban J connectivity index is 1.73. The number of nitrogens with zero attached hydrogens (tertiary/aromatic N) is 2. The van der Waals surface area contributed by atoms with Gasteiger partial charge in [0, 0.05) is 6.04 Å². The third-order valence-electron chi connectivity index (χ3n) is 4.18. The fourth-order valence-electron chi connectivity index (χ4n) is 3.36. The zero-order valence-corrected chi connectivity index (χ0v) is 10.9. The molecule has 2 aliphatic carbocycles. The minimum Gasteiger partial charge on any atom is -0.339 e. The Hall–Kier alpha value is -0.550. The Morgan fingerprint density at radius 3 is 2.94 bits per heavy atom. The highest BCUT2D eigenvalue weighted by Crippen LogP contribution is 2.51. The Morgan fingerprint density at radius 2 is 2.24 bits per heavy atom. The second-order valence-corrected chi connectivity index (χ2v) is 6.40. The molecule has 2 N–H and O–H groups in total. The zero-order valence-electron chi connectivity index (χ0n) is 10.1. The van der Waals surface area contributed by atoms with Crippen molar-refractivity contribution in [1.82, 2.24) is 10.1 Å². The summed E-state index contributed by atoms with van der Waals surface area (Å²) in [6.45, 7) is 2.14. The first kappa shape index (κ1) is 11.5. The number of rotatable bonds is 4. The molecule has 2 saturated carbocycles. The van der Waals surface area contributed by atoms with Gasteiger partial charge in [-0.25, -0.2) is 0 Å². The minimum atomic E-state index is 0.237. The molecule has 1 heterocycles. The SMILES string of the molecule is CCSCc1noc(C2C3CCC(C3)C2N)n1. The molecule has 0 radical (unpaired) electrons. The molecule has 2 bridgehead atoms. The van der Waals surface area contributed by atoms with Gasteiger partial charge in [-0.05, 0) is 36.9 Å². The molecule has 0 aliphatic heterocycles. The average Bonchev–Trinajstić information content (AvgIpc) is 3.00. The number of thioether (sulfide) groups is 1. The van der Waals surface area contributed by atoms with Crippen LogP contribution in [0, 0.1) is 11.8 Å². The van der Waals surface area contributed by atoms with E-state index in [0.29, 0.717) is 17.8 Å². The number of fused-ring (bicyclic) bond motifs is 2. The van der Waals surface area contributed by atoms with Crippen molar-refractivity contribution in [2.24, 2.45) is 17.6 Å². The van der Waals surface area contributed by atoms with Gasteiger partial charge in [0.1, 0.15) is 0 Å². The Bertz CT molecular complexity index is 393. The van der Waals surface area contributed by atoms with E-state index in [1.807, 2.05) is 11.8 Å². The fraction of sp³-hybridized carbons (Fsp3) is 0.833. The van der Waals surface area contributed by atoms with E-state index in [1.54, 1.807) is 0 Å². The van der Waals surface area contributed by atoms with Gasteiger partial charge in [-0.1, -0.05) is 12.1 Å². The molecule has 1 aromatic heterocycles. The molecule has 0 amide bonds. The standard InChI is InChI=1S/C12H19N3OS/c1-2-17-6-9-14-12(16-15-9)10-7-3-4-8(5-7)11(10)13/h7-8,10-11H,2-6,13H2,1H3. The van der Waals surface area contributed by atoms with Gasteiger partial charge in [0.2, 0.25) is 5.89 Å². The topological polar surface area (TPSA) is 64.9 Å². The van der Waals surface area contributed by atoms with Gasteiger partial charge in [-0.3, -0.25) is 0 Å². The van der Waals surface area contributed by atoms with E-state index >= 15 is 0 Å². The summed E-state index contributed by atoms with van der Waals surface area (Å²) in [5.41, 5.74) is 6.27. The van der Waals surface area contributed by atoms with Crippen LogP contribution in [0.15, 0.2) is 4.52 Å². The van der Waals surface area contributed by atoms with Crippen LogP contribution in [0.4, 0.5) is 0 Å². The van der Waals surface area contributed by atoms with E-state index in [4.69, 9.17) is 10.3 Å². The third kappa shape index (κ3) is 1.99. The van der Waals surface area contributed by atoms with Crippen LogP contribution in [0.2, 0.25) is 0 Å². The molecule has 1 aromatic rings. The third-order valence-corrected chi connectivity index (χ3v) is 5.06. The van der Waals surface area contributed by atoms with Crippen LogP contribution in [-0.2, 0) is 5.75 Å². The smallest absolute Gasteiger partial charge is 0.231 e. The number of nitrogens with two attached hydrogens (primary N) is 1. The molecule has 4 unspecified atom stereocenters. The van der Waals surface area contributed by atoms with E-state index in [9.17, 15) is 0 Å². The van der Waals surface area contributed by atoms with E-state index < -0.39 is 0 Å². The number of hydrogen-bond acceptors (Lipinski definition) is 5. The van der Waals surface area contributed by atoms with Crippen molar-refractivity contribution in [3.63, 3.8) is 0 Å². The van der Waals surface area contributed by atoms with Crippen molar-refractivity contribution in [3.8, 4) is 0 Å². The van der Waals surface area contributed by atoms with Gasteiger partial charge in [0.25, 0.3) is 0 Å². The Kier molecular flexibility index (Phi) is 3.13. The predicted molar refractivity (Wildman–Crippen MR) is 67.7 cm³/mol. The molecule has 2 fully saturated rings. The predicted octanol–water partition coefficient (Wildman–Crippen LogP) is 2.16. The first-order valence-electron chi connectivity index (χ1n) is 6.45. The van der Waals surface area contributed by atoms with Crippen LogP contribution in [0.5, 0.6) is 0 Å². The molecule has 0 aromatic carbocycles. The zero-order chi connectivity index (χ0) is 11.8. The summed E-state index contributed by atoms with van der Waals surface area (Å²) in [6.07, 6.45) is 3.83. The van der Waals surface area contributed by atoms with E-state index in [0.717, 1.165) is 23.2 Å². The maximum Gasteiger partial charge on any atom is 0.231 e. The van der Waals surface area contributed by atoms with Gasteiger partial charge >= 0.3 is 0 Å². The van der Waals surface area contributed by atoms with Gasteiger partial charge in [-0.2, -0.15) is 16.7 Å². The summed E-state index contributed by atoms with van der Waals surface area (Å²) in [4.78, 5) is 4.52. The molecule has 4 nitrogen and oxygen atoms in total. The normalized spacial score (nSPS) is 35.6. The summed E-state index contributed by atoms with van der Waals surface area (Å²) in [5, 5.41) is 4.05. The lowest BCUT2D eigenvalue weighted by atomic mass is 9.85. The Morgan fingerprint density at radius 1 is 1.41 bits per heavy atom. The van der Waals surface area contributed by atoms with Gasteiger partial charge < -0.3 is 10.3 Å². The van der Waals surface area contributed by atoms with Crippen LogP contribution in [-0.4, -0.2) is 21.9 Å². The van der Waals surface area contributed by atoms with Gasteiger partial charge in [-0.15, -0.1) is 0 Å². The molecule has 5 heteroatoms. The van der Waals surface area contributed by atoms with Crippen molar-refractivity contribution >= 4 is 11.8 Å². The summed E-state index contributed by atoms with van der Waals surface area (Å²) >= 11 is 1.82. The van der Waals surface area contributed by atoms with E-state index in [-0.39, 0.29) is 6.04 Å². The van der Waals surface area contributed by atoms with Crippen LogP contribution in [0.1, 0.15) is 43.8 Å². The quantitative estimate of drug-likeness (QED) is 0.890. The lowest BCUT2D eigenvalue weighted by Gasteiger charge is -2.24. The monoisotopic (exact) mass is 253 g/mol. The van der Waals surface area contributed by atoms with Gasteiger partial charge in [0.05, 0.1) is 11.7 Å². The maximum atomic E-state index is 6.27. The largest absolute Gasteiger partial charge is 0.339 e. The molecule has 17 heavy (non-hydrogen) atoms. The summed E-state index contributed by atoms with van der Waals surface area (Å²) < 4.78 is 5.41. The number of aromatic nitrogens is 2. The molecule has 2 aliphatic rings. The first-order chi connectivity index (χ1) is 8.29. The lowest BCUT2D eigenvalue weighted by Crippen LogP contribution is -2.34. The highest BCUT2D eigenvalue weighted by atomic mass is 32.2.